The Morgan fingerprint density at radius 3 is 2.45 bits per heavy atom. The molecule has 0 bridgehead atoms. The quantitative estimate of drug-likeness (QED) is 0.577. The Morgan fingerprint density at radius 2 is 2.09 bits per heavy atom. The van der Waals surface area contributed by atoms with Gasteiger partial charge in [0.25, 0.3) is 0 Å². The van der Waals surface area contributed by atoms with Gasteiger partial charge in [0.15, 0.2) is 12.0 Å². The SMILES string of the molecule is CC(F)C(=O)CC(=O)C1CC1. The Bertz CT molecular complexity index is 171. The molecular formula is C8H11FO2. The average molecular weight is 158 g/mol. The van der Waals surface area contributed by atoms with Gasteiger partial charge in [-0.25, -0.2) is 4.39 Å². The minimum Gasteiger partial charge on any atom is -0.299 e. The van der Waals surface area contributed by atoms with E-state index in [0.717, 1.165) is 12.8 Å². The van der Waals surface area contributed by atoms with Crippen LogP contribution in [-0.4, -0.2) is 17.7 Å². The summed E-state index contributed by atoms with van der Waals surface area (Å²) in [7, 11) is 0. The van der Waals surface area contributed by atoms with E-state index in [1.54, 1.807) is 0 Å². The molecule has 0 amide bonds. The Labute approximate surface area is 64.8 Å². The molecule has 62 valence electrons. The van der Waals surface area contributed by atoms with Gasteiger partial charge >= 0.3 is 0 Å². The van der Waals surface area contributed by atoms with E-state index in [9.17, 15) is 14.0 Å². The molecule has 0 radical (unpaired) electrons. The van der Waals surface area contributed by atoms with E-state index in [1.807, 2.05) is 0 Å². The molecule has 1 aliphatic carbocycles. The van der Waals surface area contributed by atoms with E-state index in [-0.39, 0.29) is 18.1 Å². The lowest BCUT2D eigenvalue weighted by Crippen LogP contribution is -2.17. The second-order valence-electron chi connectivity index (χ2n) is 3.00. The van der Waals surface area contributed by atoms with Crippen LogP contribution >= 0.6 is 0 Å². The molecule has 1 rings (SSSR count). The number of alkyl halides is 1. The first-order valence-electron chi connectivity index (χ1n) is 3.80. The molecule has 0 N–H and O–H groups in total. The van der Waals surface area contributed by atoms with Crippen LogP contribution in [0.25, 0.3) is 0 Å². The lowest BCUT2D eigenvalue weighted by Gasteiger charge is -1.98. The number of hydrogen-bond donors (Lipinski definition) is 0. The predicted molar refractivity (Wildman–Crippen MR) is 37.9 cm³/mol. The highest BCUT2D eigenvalue weighted by atomic mass is 19.1. The van der Waals surface area contributed by atoms with Crippen LogP contribution in [0.2, 0.25) is 0 Å². The van der Waals surface area contributed by atoms with Crippen molar-refractivity contribution in [3.8, 4) is 0 Å². The van der Waals surface area contributed by atoms with E-state index < -0.39 is 12.0 Å². The fraction of sp³-hybridized carbons (Fsp3) is 0.750. The van der Waals surface area contributed by atoms with Gasteiger partial charge in [-0.15, -0.1) is 0 Å². The number of carbonyl (C=O) groups is 2. The third-order valence-electron chi connectivity index (χ3n) is 1.82. The number of halogens is 1. The molecule has 1 unspecified atom stereocenters. The van der Waals surface area contributed by atoms with E-state index in [0.29, 0.717) is 0 Å². The maximum atomic E-state index is 12.2. The minimum atomic E-state index is -1.49. The van der Waals surface area contributed by atoms with Gasteiger partial charge in [-0.2, -0.15) is 0 Å². The van der Waals surface area contributed by atoms with E-state index >= 15 is 0 Å². The van der Waals surface area contributed by atoms with Crippen molar-refractivity contribution < 1.29 is 14.0 Å². The molecule has 0 aromatic carbocycles. The van der Waals surface area contributed by atoms with Crippen LogP contribution in [-0.2, 0) is 9.59 Å². The maximum Gasteiger partial charge on any atom is 0.173 e. The fourth-order valence-corrected chi connectivity index (χ4v) is 0.862. The third-order valence-corrected chi connectivity index (χ3v) is 1.82. The van der Waals surface area contributed by atoms with Gasteiger partial charge in [-0.1, -0.05) is 0 Å². The lowest BCUT2D eigenvalue weighted by atomic mass is 10.1. The van der Waals surface area contributed by atoms with Crippen LogP contribution < -0.4 is 0 Å². The summed E-state index contributed by atoms with van der Waals surface area (Å²) in [5, 5.41) is 0. The first-order chi connectivity index (χ1) is 5.11. The molecule has 11 heavy (non-hydrogen) atoms. The van der Waals surface area contributed by atoms with Crippen molar-refractivity contribution in [2.75, 3.05) is 0 Å². The average Bonchev–Trinajstić information content (AvgIpc) is 2.67. The molecule has 3 heteroatoms. The smallest absolute Gasteiger partial charge is 0.173 e. The Balaban J connectivity index is 2.29. The topological polar surface area (TPSA) is 34.1 Å². The molecule has 0 aliphatic heterocycles. The summed E-state index contributed by atoms with van der Waals surface area (Å²) >= 11 is 0. The maximum absolute atomic E-state index is 12.2. The molecule has 0 heterocycles. The molecule has 0 aromatic rings. The van der Waals surface area contributed by atoms with E-state index in [1.165, 1.54) is 6.92 Å². The fourth-order valence-electron chi connectivity index (χ4n) is 0.862. The van der Waals surface area contributed by atoms with Crippen LogP contribution in [0.5, 0.6) is 0 Å². The van der Waals surface area contributed by atoms with Crippen LogP contribution in [0, 0.1) is 5.92 Å². The molecule has 1 saturated carbocycles. The zero-order valence-corrected chi connectivity index (χ0v) is 6.47. The van der Waals surface area contributed by atoms with E-state index in [2.05, 4.69) is 0 Å². The van der Waals surface area contributed by atoms with Gasteiger partial charge < -0.3 is 0 Å². The highest BCUT2D eigenvalue weighted by Gasteiger charge is 2.31. The Hall–Kier alpha value is -0.730. The summed E-state index contributed by atoms with van der Waals surface area (Å²) in [6, 6.07) is 0. The zero-order valence-electron chi connectivity index (χ0n) is 6.47. The molecule has 0 aromatic heterocycles. The van der Waals surface area contributed by atoms with Crippen molar-refractivity contribution in [2.45, 2.75) is 32.4 Å². The predicted octanol–water partition coefficient (Wildman–Crippen LogP) is 1.28. The first kappa shape index (κ1) is 8.37. The normalized spacial score (nSPS) is 19.5. The second kappa shape index (κ2) is 3.11. The first-order valence-corrected chi connectivity index (χ1v) is 3.80. The monoisotopic (exact) mass is 158 g/mol. The largest absolute Gasteiger partial charge is 0.299 e. The van der Waals surface area contributed by atoms with Gasteiger partial charge in [-0.05, 0) is 19.8 Å². The van der Waals surface area contributed by atoms with Gasteiger partial charge in [-0.3, -0.25) is 9.59 Å². The molecule has 0 spiro atoms. The molecule has 2 nitrogen and oxygen atoms in total. The van der Waals surface area contributed by atoms with Crippen molar-refractivity contribution in [1.29, 1.82) is 0 Å². The summed E-state index contributed by atoms with van der Waals surface area (Å²) < 4.78 is 12.2. The Kier molecular flexibility index (Phi) is 2.37. The standard InChI is InChI=1S/C8H11FO2/c1-5(9)7(10)4-8(11)6-2-3-6/h5-6H,2-4H2,1H3. The van der Waals surface area contributed by atoms with Crippen molar-refractivity contribution in [3.63, 3.8) is 0 Å². The summed E-state index contributed by atoms with van der Waals surface area (Å²) in [5.41, 5.74) is 0. The number of ketones is 2. The zero-order chi connectivity index (χ0) is 8.43. The van der Waals surface area contributed by atoms with Crippen molar-refractivity contribution >= 4 is 11.6 Å². The van der Waals surface area contributed by atoms with Crippen LogP contribution in [0.4, 0.5) is 4.39 Å². The lowest BCUT2D eigenvalue weighted by molar-refractivity contribution is -0.130. The molecule has 0 saturated heterocycles. The Morgan fingerprint density at radius 1 is 1.55 bits per heavy atom. The number of hydrogen-bond acceptors (Lipinski definition) is 2. The highest BCUT2D eigenvalue weighted by molar-refractivity contribution is 6.02. The number of Topliss-reactive ketones (excluding diaryl/α,β-unsaturated/α-hetero) is 2. The van der Waals surface area contributed by atoms with Crippen molar-refractivity contribution in [3.05, 3.63) is 0 Å². The minimum absolute atomic E-state index is 0.0673. The second-order valence-corrected chi connectivity index (χ2v) is 3.00. The van der Waals surface area contributed by atoms with Crippen LogP contribution in [0.3, 0.4) is 0 Å². The van der Waals surface area contributed by atoms with Crippen molar-refractivity contribution in [1.82, 2.24) is 0 Å². The highest BCUT2D eigenvalue weighted by Crippen LogP contribution is 2.30. The van der Waals surface area contributed by atoms with Gasteiger partial charge in [0, 0.05) is 5.92 Å². The molecule has 1 fully saturated rings. The van der Waals surface area contributed by atoms with Gasteiger partial charge in [0.05, 0.1) is 6.42 Å². The summed E-state index contributed by atoms with van der Waals surface area (Å²) in [4.78, 5) is 21.6. The third kappa shape index (κ3) is 2.41. The molecule has 1 atom stereocenters. The number of rotatable bonds is 4. The number of carbonyl (C=O) groups excluding carboxylic acids is 2. The summed E-state index contributed by atoms with van der Waals surface area (Å²) in [6.07, 6.45) is 0.0692. The summed E-state index contributed by atoms with van der Waals surface area (Å²) in [6.45, 7) is 1.17. The van der Waals surface area contributed by atoms with Crippen LogP contribution in [0.15, 0.2) is 0 Å². The molecule has 1 aliphatic rings. The van der Waals surface area contributed by atoms with E-state index in [4.69, 9.17) is 0 Å². The van der Waals surface area contributed by atoms with Crippen molar-refractivity contribution in [2.24, 2.45) is 5.92 Å². The van der Waals surface area contributed by atoms with Crippen LogP contribution in [0.1, 0.15) is 26.2 Å². The summed E-state index contributed by atoms with van der Waals surface area (Å²) in [5.74, 6) is -0.598. The molecular weight excluding hydrogens is 147 g/mol. The van der Waals surface area contributed by atoms with Gasteiger partial charge in [0.1, 0.15) is 5.78 Å². The van der Waals surface area contributed by atoms with Gasteiger partial charge in [0.2, 0.25) is 0 Å².